The van der Waals surface area contributed by atoms with Gasteiger partial charge in [0.2, 0.25) is 59.1 Å². The lowest BCUT2D eigenvalue weighted by Crippen LogP contribution is -2.61. The van der Waals surface area contributed by atoms with E-state index in [-0.39, 0.29) is 90.0 Å². The number of aliphatic hydroxyl groups excluding tert-OH is 1. The largest absolute Gasteiger partial charge is 0.487 e. The predicted octanol–water partition coefficient (Wildman–Crippen LogP) is 2.38. The minimum atomic E-state index is -1.75. The summed E-state index contributed by atoms with van der Waals surface area (Å²) in [7, 11) is 3.19. The van der Waals surface area contributed by atoms with Crippen LogP contribution in [0.5, 0.6) is 11.5 Å². The lowest BCUT2D eigenvalue weighted by molar-refractivity contribution is -0.145. The van der Waals surface area contributed by atoms with Gasteiger partial charge in [-0.1, -0.05) is 161 Å². The van der Waals surface area contributed by atoms with Crippen molar-refractivity contribution in [2.75, 3.05) is 40.3 Å². The quantitative estimate of drug-likeness (QED) is 0.0409. The van der Waals surface area contributed by atoms with Gasteiger partial charge < -0.3 is 93.5 Å². The number of hydrogen-bond donors (Lipinski definition) is 14. The molecule has 0 spiro atoms. The highest BCUT2D eigenvalue weighted by Gasteiger charge is 2.49. The molecule has 6 aliphatic rings. The Morgan fingerprint density at radius 3 is 1.34 bits per heavy atom. The highest BCUT2D eigenvalue weighted by molar-refractivity contribution is 6.00. The summed E-state index contributed by atoms with van der Waals surface area (Å²) >= 11 is 0. The van der Waals surface area contributed by atoms with Gasteiger partial charge in [0.05, 0.1) is 43.2 Å². The molecule has 8 heterocycles. The number of ether oxygens (including phenoxy) is 2. The summed E-state index contributed by atoms with van der Waals surface area (Å²) in [4.78, 5) is 178. The Balaban J connectivity index is 0.970. The van der Waals surface area contributed by atoms with Gasteiger partial charge >= 0.3 is 11.9 Å². The number of unbranched alkanes of at least 4 members (excludes halogenated alkanes) is 1. The second kappa shape index (κ2) is 41.6. The first-order valence-electron chi connectivity index (χ1n) is 41.9. The molecule has 6 aliphatic heterocycles. The van der Waals surface area contributed by atoms with Crippen LogP contribution in [-0.2, 0) is 96.4 Å². The predicted molar refractivity (Wildman–Crippen MR) is 459 cm³/mol. The number of carbonyl (C=O) groups is 12. The van der Waals surface area contributed by atoms with E-state index in [0.29, 0.717) is 45.8 Å². The number of likely N-dealkylation sites (tertiary alicyclic amines) is 2. The Morgan fingerprint density at radius 1 is 0.520 bits per heavy atom. The second-order valence-electron chi connectivity index (χ2n) is 34.4. The van der Waals surface area contributed by atoms with Crippen molar-refractivity contribution in [1.29, 1.82) is 0 Å². The third-order valence-corrected chi connectivity index (χ3v) is 22.9. The highest BCUT2D eigenvalue weighted by atomic mass is 16.5. The van der Waals surface area contributed by atoms with Crippen molar-refractivity contribution in [2.24, 2.45) is 16.6 Å². The number of carboxylic acids is 2. The average Bonchev–Trinajstić information content (AvgIpc) is 1.65. The number of carboxylic acid groups (broad SMARTS) is 2. The number of nitrogens with zero attached hydrogens (tertiary/aromatic N) is 8. The summed E-state index contributed by atoms with van der Waals surface area (Å²) < 4.78 is 15.5. The zero-order valence-electron chi connectivity index (χ0n) is 71.8. The number of fused-ring (bicyclic) bond motifs is 2. The number of carbonyl (C=O) groups excluding carboxylic acids is 10. The molecule has 0 aliphatic carbocycles. The Bertz CT molecular complexity index is 5200. The molecule has 14 rings (SSSR count). The van der Waals surface area contributed by atoms with Gasteiger partial charge in [-0.3, -0.25) is 47.9 Å². The second-order valence-corrected chi connectivity index (χ2v) is 34.4. The van der Waals surface area contributed by atoms with Crippen LogP contribution in [0, 0.1) is 10.8 Å². The van der Waals surface area contributed by atoms with Crippen molar-refractivity contribution >= 4 is 92.6 Å². The molecule has 2 fully saturated rings. The molecule has 14 atom stereocenters. The van der Waals surface area contributed by atoms with Crippen LogP contribution in [0.1, 0.15) is 133 Å². The minimum Gasteiger partial charge on any atom is -0.487 e. The molecule has 2 aromatic heterocycles. The number of aliphatic carboxylic acids is 2. The van der Waals surface area contributed by atoms with Gasteiger partial charge in [0.25, 0.3) is 0 Å². The van der Waals surface area contributed by atoms with Crippen LogP contribution >= 0.6 is 0 Å². The zero-order chi connectivity index (χ0) is 90.1. The molecule has 666 valence electrons. The fraction of sp³-hybridized carbons (Fsp3) is 0.461. The molecule has 36 nitrogen and oxygen atoms in total. The number of aromatic nitrogens is 6. The van der Waals surface area contributed by atoms with Crippen LogP contribution in [0.2, 0.25) is 0 Å². The Labute approximate surface area is 723 Å². The number of nitrogens with one attached hydrogen (secondary N) is 10. The summed E-state index contributed by atoms with van der Waals surface area (Å²) in [5.74, 6) is -9.73. The molecule has 125 heavy (non-hydrogen) atoms. The Morgan fingerprint density at radius 2 is 0.944 bits per heavy atom. The lowest BCUT2D eigenvalue weighted by atomic mass is 9.85. The molecule has 2 saturated heterocycles. The molecule has 15 N–H and O–H groups in total. The molecule has 12 bridgehead atoms. The van der Waals surface area contributed by atoms with Gasteiger partial charge in [0.1, 0.15) is 96.5 Å². The molecule has 8 aromatic rings. The Kier molecular flexibility index (Phi) is 30.9. The zero-order valence-corrected chi connectivity index (χ0v) is 71.8. The van der Waals surface area contributed by atoms with E-state index in [4.69, 9.17) is 15.2 Å². The molecule has 0 radical (unpaired) electrons. The van der Waals surface area contributed by atoms with Gasteiger partial charge in [-0.2, -0.15) is 0 Å². The van der Waals surface area contributed by atoms with Crippen molar-refractivity contribution in [3.05, 3.63) is 179 Å². The first-order chi connectivity index (χ1) is 59.6. The monoisotopic (exact) mass is 1720 g/mol. The van der Waals surface area contributed by atoms with E-state index < -0.39 is 173 Å². The molecule has 0 unspecified atom stereocenters. The van der Waals surface area contributed by atoms with Gasteiger partial charge in [-0.25, -0.2) is 19.0 Å². The normalized spacial score (nSPS) is 20.9. The van der Waals surface area contributed by atoms with Crippen LogP contribution in [0.25, 0.3) is 21.5 Å². The fourth-order valence-corrected chi connectivity index (χ4v) is 15.4. The highest BCUT2D eigenvalue weighted by Crippen LogP contribution is 2.35. The van der Waals surface area contributed by atoms with E-state index in [0.717, 1.165) is 21.5 Å². The summed E-state index contributed by atoms with van der Waals surface area (Å²) in [6.07, 6.45) is 2.74. The van der Waals surface area contributed by atoms with Crippen LogP contribution in [0.15, 0.2) is 146 Å². The molecule has 6 aromatic carbocycles. The number of amides is 10. The van der Waals surface area contributed by atoms with Crippen LogP contribution in [0.3, 0.4) is 0 Å². The molecule has 10 amide bonds. The average molecular weight is 1720 g/mol. The molecule has 0 saturated carbocycles. The van der Waals surface area contributed by atoms with E-state index in [1.807, 2.05) is 72.8 Å². The van der Waals surface area contributed by atoms with Crippen LogP contribution in [-0.4, -0.2) is 239 Å². The van der Waals surface area contributed by atoms with Crippen LogP contribution < -0.4 is 68.4 Å². The van der Waals surface area contributed by atoms with Gasteiger partial charge in [-0.05, 0) is 133 Å². The van der Waals surface area contributed by atoms with E-state index >= 15 is 33.6 Å². The maximum absolute atomic E-state index is 15.7. The number of aliphatic hydroxyl groups is 1. The van der Waals surface area contributed by atoms with E-state index in [1.165, 1.54) is 19.2 Å². The summed E-state index contributed by atoms with van der Waals surface area (Å²) in [5, 5.41) is 79.8. The lowest BCUT2D eigenvalue weighted by Gasteiger charge is -2.36. The summed E-state index contributed by atoms with van der Waals surface area (Å²) in [6.45, 7) is 12.4. The first kappa shape index (κ1) is 92.9. The number of benzene rings is 6. The molecule has 36 heteroatoms. The van der Waals surface area contributed by atoms with E-state index in [9.17, 15) is 39.3 Å². The van der Waals surface area contributed by atoms with Crippen molar-refractivity contribution in [3.8, 4) is 11.5 Å². The molecular formula is C89H113N19O17. The van der Waals surface area contributed by atoms with Crippen LogP contribution in [0.4, 0.5) is 0 Å². The maximum atomic E-state index is 15.7. The van der Waals surface area contributed by atoms with E-state index in [1.54, 1.807) is 143 Å². The van der Waals surface area contributed by atoms with E-state index in [2.05, 4.69) is 73.8 Å². The first-order valence-corrected chi connectivity index (χ1v) is 41.9. The van der Waals surface area contributed by atoms with Gasteiger partial charge in [0, 0.05) is 51.6 Å². The van der Waals surface area contributed by atoms with Crippen molar-refractivity contribution in [1.82, 2.24) is 93.0 Å². The number of nitrogens with two attached hydrogens (primary N) is 1. The summed E-state index contributed by atoms with van der Waals surface area (Å²) in [6, 6.07) is 21.5. The molecular weight excluding hydrogens is 1610 g/mol. The number of hydrogen-bond acceptors (Lipinski definition) is 22. The van der Waals surface area contributed by atoms with Crippen molar-refractivity contribution in [3.63, 3.8) is 0 Å². The van der Waals surface area contributed by atoms with Crippen molar-refractivity contribution in [2.45, 2.75) is 211 Å². The van der Waals surface area contributed by atoms with Crippen molar-refractivity contribution < 1.29 is 82.3 Å². The standard InChI is InChI=1S/C89H113N19O17/c1-50(91-9)76(110)99-74(88(3,4)5)84(118)105-45-62-41-72(105)82(116)95-68(39-54-22-28-56-17-11-13-19-58(56)35-54)80(114)94-67(79(113)93-66(21-15-16-34-90)78(112)98-71(47-109)87(122)123)37-52-24-30-64(31-25-52)124-48-60-43-108(103-101-60)63-42-73(106(46-63)85(119)75(89(6,7)8)100-77(111)51(2)92-10)83(117)96-69(40-55-23-29-57-18-12-14-20-59(57)36-55)81(115)97-70(86(120)121)38-53-26-32-65(33-27-53)125-49-61-44-107(62)104-102-61/h11-14,17-20,22-33,35-36,43-44,50-51,62-63,66-75,91-92,109H,15-16,21,34,37-42,45-49,90H2,1-10H3,(H,93,113)(H,94,114)(H,95,116)(H,96,117)(H,97,115)(H,98,112)(H,99,110)(H,100,111)(H,120,121)(H,122,123)/t50-,51-,62-,63-,66-,67-,68-,69-,70-,71-,72-,73-,74+,75+/m0/s1. The summed E-state index contributed by atoms with van der Waals surface area (Å²) in [5.41, 5.74) is 6.66. The topological polar surface area (TPSA) is 498 Å². The van der Waals surface area contributed by atoms with Gasteiger partial charge in [0.15, 0.2) is 0 Å². The number of likely N-dealkylation sites (N-methyl/N-ethyl adjacent to an activating group) is 2. The maximum Gasteiger partial charge on any atom is 0.328 e. The SMILES string of the molecule is CN[C@@H](C)C(=O)N[C@H](C(=O)N1C[C@@H]2C[C@H]1C(=O)N[C@@H](Cc1ccc3ccccc3c1)C(=O)N[C@H](C(=O)O)Cc1ccc(cc1)OCc1cn(nn1)[C@H]1C[C@@H](C(=O)N[C@@H](Cc3ccc4ccccc4c3)C(=O)N[C@H](C(=O)N[C@@H](CCCCN)C(=O)N[C@@H](CO)C(=O)O)Cc3ccc(cc3)OCc3cn2nn3)N(C(=O)[C@@H](NC(=O)[C@H](C)NC)C(C)(C)C)C1)C(C)(C)C. The third-order valence-electron chi connectivity index (χ3n) is 22.9. The smallest absolute Gasteiger partial charge is 0.328 e. The fourth-order valence-electron chi connectivity index (χ4n) is 15.4. The number of rotatable bonds is 23. The third kappa shape index (κ3) is 24.2. The minimum absolute atomic E-state index is 0.0573. The Hall–Kier alpha value is -12.8. The van der Waals surface area contributed by atoms with Gasteiger partial charge in [-0.15, -0.1) is 10.2 Å².